The van der Waals surface area contributed by atoms with Gasteiger partial charge in [0.1, 0.15) is 12.2 Å². The fraction of sp³-hybridized carbons (Fsp3) is 0.846. The zero-order valence-electron chi connectivity index (χ0n) is 12.3. The molecule has 21 heavy (non-hydrogen) atoms. The first-order valence-corrected chi connectivity index (χ1v) is 7.00. The highest BCUT2D eigenvalue weighted by molar-refractivity contribution is 5.68. The predicted octanol–water partition coefficient (Wildman–Crippen LogP) is 1.46. The first-order valence-electron chi connectivity index (χ1n) is 7.00. The van der Waals surface area contributed by atoms with Gasteiger partial charge in [-0.2, -0.15) is 0 Å². The number of rotatable bonds is 7. The zero-order chi connectivity index (χ0) is 15.8. The molecule has 1 heterocycles. The van der Waals surface area contributed by atoms with E-state index in [9.17, 15) is 15.0 Å². The summed E-state index contributed by atoms with van der Waals surface area (Å²) in [5.74, 6) is -0.238. The maximum Gasteiger partial charge on any atom is 0.305 e. The lowest BCUT2D eigenvalue weighted by Crippen LogP contribution is -2.52. The highest BCUT2D eigenvalue weighted by Gasteiger charge is 2.42. The lowest BCUT2D eigenvalue weighted by molar-refractivity contribution is -0.140. The molecular formula is C13H22N3O5. The Labute approximate surface area is 123 Å². The van der Waals surface area contributed by atoms with Crippen LogP contribution in [0.1, 0.15) is 39.0 Å². The van der Waals surface area contributed by atoms with Gasteiger partial charge in [-0.05, 0) is 25.3 Å². The Kier molecular flexibility index (Phi) is 7.45. The lowest BCUT2D eigenvalue weighted by Gasteiger charge is -2.39. The van der Waals surface area contributed by atoms with Gasteiger partial charge in [0.15, 0.2) is 0 Å². The number of esters is 1. The standard InChI is InChI=1S/C13H22N3O5/c1-8-11(15-16-14)13(19)12(18)9(21-8)6-4-3-5-7-10(17)20-2/h8,11-13,18-19H,3-7H2,1-2H3/t8-,11-,12-,13+/m1/s1. The van der Waals surface area contributed by atoms with Crippen LogP contribution < -0.4 is 0 Å². The van der Waals surface area contributed by atoms with Gasteiger partial charge in [-0.15, -0.1) is 0 Å². The van der Waals surface area contributed by atoms with Crippen molar-refractivity contribution in [3.05, 3.63) is 16.5 Å². The minimum absolute atomic E-state index is 0.238. The highest BCUT2D eigenvalue weighted by Crippen LogP contribution is 2.31. The van der Waals surface area contributed by atoms with Crippen LogP contribution in [0.3, 0.4) is 0 Å². The summed E-state index contributed by atoms with van der Waals surface area (Å²) in [5.41, 5.74) is 8.44. The topological polar surface area (TPSA) is 125 Å². The van der Waals surface area contributed by atoms with E-state index in [4.69, 9.17) is 10.3 Å². The number of hydrogen-bond donors (Lipinski definition) is 2. The molecule has 0 aromatic rings. The summed E-state index contributed by atoms with van der Waals surface area (Å²) in [5, 5.41) is 23.4. The van der Waals surface area contributed by atoms with E-state index in [0.29, 0.717) is 25.4 Å². The Morgan fingerprint density at radius 3 is 2.76 bits per heavy atom. The fourth-order valence-corrected chi connectivity index (χ4v) is 2.31. The molecule has 0 unspecified atom stereocenters. The Hall–Kier alpha value is -1.34. The largest absolute Gasteiger partial charge is 0.469 e. The van der Waals surface area contributed by atoms with Crippen molar-refractivity contribution in [1.82, 2.24) is 0 Å². The second-order valence-corrected chi connectivity index (χ2v) is 5.06. The van der Waals surface area contributed by atoms with Crippen molar-refractivity contribution in [2.45, 2.75) is 63.4 Å². The van der Waals surface area contributed by atoms with E-state index in [1.165, 1.54) is 7.11 Å². The van der Waals surface area contributed by atoms with E-state index < -0.39 is 24.4 Å². The van der Waals surface area contributed by atoms with Crippen LogP contribution in [-0.2, 0) is 14.3 Å². The van der Waals surface area contributed by atoms with Crippen LogP contribution >= 0.6 is 0 Å². The molecule has 0 aromatic carbocycles. The summed E-state index contributed by atoms with van der Waals surface area (Å²) >= 11 is 0. The number of unbranched alkanes of at least 4 members (excludes halogenated alkanes) is 2. The fourth-order valence-electron chi connectivity index (χ4n) is 2.31. The van der Waals surface area contributed by atoms with E-state index in [1.54, 1.807) is 6.92 Å². The van der Waals surface area contributed by atoms with E-state index in [-0.39, 0.29) is 5.97 Å². The Bertz CT molecular complexity index is 386. The van der Waals surface area contributed by atoms with Gasteiger partial charge in [0.2, 0.25) is 0 Å². The van der Waals surface area contributed by atoms with Crippen molar-refractivity contribution in [1.29, 1.82) is 0 Å². The van der Waals surface area contributed by atoms with Crippen LogP contribution in [0, 0.1) is 6.10 Å². The van der Waals surface area contributed by atoms with Crippen molar-refractivity contribution in [3.63, 3.8) is 0 Å². The van der Waals surface area contributed by atoms with Crippen molar-refractivity contribution < 1.29 is 24.5 Å². The number of hydrogen-bond acceptors (Lipinski definition) is 6. The van der Waals surface area contributed by atoms with Gasteiger partial charge in [0.25, 0.3) is 0 Å². The number of azide groups is 1. The summed E-state index contributed by atoms with van der Waals surface area (Å²) < 4.78 is 10.1. The van der Waals surface area contributed by atoms with Crippen molar-refractivity contribution in [3.8, 4) is 0 Å². The van der Waals surface area contributed by atoms with Crippen molar-refractivity contribution >= 4 is 5.97 Å². The van der Waals surface area contributed by atoms with Crippen LogP contribution in [-0.4, -0.2) is 47.6 Å². The number of methoxy groups -OCH3 is 1. The van der Waals surface area contributed by atoms with Crippen molar-refractivity contribution in [2.24, 2.45) is 5.11 Å². The normalized spacial score (nSPS) is 29.7. The second-order valence-electron chi connectivity index (χ2n) is 5.06. The first kappa shape index (κ1) is 17.7. The van der Waals surface area contributed by atoms with E-state index in [0.717, 1.165) is 12.8 Å². The molecule has 1 aliphatic heterocycles. The minimum atomic E-state index is -1.16. The molecule has 1 saturated heterocycles. The molecule has 1 aliphatic rings. The molecule has 0 bridgehead atoms. The molecule has 8 heteroatoms. The van der Waals surface area contributed by atoms with Gasteiger partial charge in [0, 0.05) is 11.3 Å². The van der Waals surface area contributed by atoms with Crippen LogP contribution in [0.5, 0.6) is 0 Å². The maximum atomic E-state index is 10.9. The molecule has 1 radical (unpaired) electrons. The van der Waals surface area contributed by atoms with Gasteiger partial charge >= 0.3 is 5.97 Å². The summed E-state index contributed by atoms with van der Waals surface area (Å²) in [7, 11) is 1.35. The molecule has 1 rings (SSSR count). The summed E-state index contributed by atoms with van der Waals surface area (Å²) in [6.45, 7) is 1.69. The van der Waals surface area contributed by atoms with E-state index >= 15 is 0 Å². The monoisotopic (exact) mass is 300 g/mol. The molecule has 0 aromatic heterocycles. The summed E-state index contributed by atoms with van der Waals surface area (Å²) in [6.07, 6.45) is 0.692. The quantitative estimate of drug-likeness (QED) is 0.242. The highest BCUT2D eigenvalue weighted by atomic mass is 16.5. The molecule has 0 amide bonds. The Morgan fingerprint density at radius 2 is 2.14 bits per heavy atom. The van der Waals surface area contributed by atoms with Crippen LogP contribution in [0.25, 0.3) is 10.4 Å². The third-order valence-electron chi connectivity index (χ3n) is 3.54. The average molecular weight is 300 g/mol. The minimum Gasteiger partial charge on any atom is -0.469 e. The number of aliphatic hydroxyl groups is 2. The Morgan fingerprint density at radius 1 is 1.43 bits per heavy atom. The molecule has 0 spiro atoms. The predicted molar refractivity (Wildman–Crippen MR) is 73.8 cm³/mol. The van der Waals surface area contributed by atoms with Gasteiger partial charge in [-0.25, -0.2) is 0 Å². The number of carbonyl (C=O) groups excluding carboxylic acids is 1. The van der Waals surface area contributed by atoms with Gasteiger partial charge in [-0.1, -0.05) is 18.0 Å². The number of ether oxygens (including phenoxy) is 2. The second kappa shape index (κ2) is 8.84. The third kappa shape index (κ3) is 5.17. The summed E-state index contributed by atoms with van der Waals surface area (Å²) in [4.78, 5) is 13.6. The number of nitrogens with zero attached hydrogens (tertiary/aromatic N) is 3. The zero-order valence-corrected chi connectivity index (χ0v) is 12.3. The molecule has 0 aliphatic carbocycles. The lowest BCUT2D eigenvalue weighted by atomic mass is 9.91. The van der Waals surface area contributed by atoms with Crippen molar-refractivity contribution in [2.75, 3.05) is 7.11 Å². The SMILES string of the molecule is COC(=O)CCCCC[C]1O[C@H](C)[C@@H](N=[N+]=[N-])[C@H](O)[C@@H]1O. The van der Waals surface area contributed by atoms with E-state index in [1.807, 2.05) is 0 Å². The number of carbonyl (C=O) groups is 1. The molecule has 8 nitrogen and oxygen atoms in total. The maximum absolute atomic E-state index is 10.9. The molecule has 4 atom stereocenters. The van der Waals surface area contributed by atoms with Crippen LogP contribution in [0.15, 0.2) is 5.11 Å². The molecular weight excluding hydrogens is 278 g/mol. The molecule has 0 saturated carbocycles. The number of aliphatic hydroxyl groups excluding tert-OH is 2. The van der Waals surface area contributed by atoms with Gasteiger partial charge in [-0.3, -0.25) is 4.79 Å². The van der Waals surface area contributed by atoms with Gasteiger partial charge < -0.3 is 19.7 Å². The summed E-state index contributed by atoms with van der Waals surface area (Å²) in [6, 6.07) is -0.798. The average Bonchev–Trinajstić information content (AvgIpc) is 2.47. The van der Waals surface area contributed by atoms with Gasteiger partial charge in [0.05, 0.1) is 25.4 Å². The molecule has 2 N–H and O–H groups in total. The van der Waals surface area contributed by atoms with Crippen LogP contribution in [0.2, 0.25) is 0 Å². The molecule has 1 fully saturated rings. The first-order chi connectivity index (χ1) is 10.0. The van der Waals surface area contributed by atoms with E-state index in [2.05, 4.69) is 14.8 Å². The third-order valence-corrected chi connectivity index (χ3v) is 3.54. The smallest absolute Gasteiger partial charge is 0.305 e. The Balaban J connectivity index is 2.36. The van der Waals surface area contributed by atoms with Crippen LogP contribution in [0.4, 0.5) is 0 Å². The molecule has 119 valence electrons.